The molecule has 0 radical (unpaired) electrons. The summed E-state index contributed by atoms with van der Waals surface area (Å²) in [5.41, 5.74) is 3.14. The average Bonchev–Trinajstić information content (AvgIpc) is 2.98. The molecule has 2 aromatic carbocycles. The van der Waals surface area contributed by atoms with Crippen molar-refractivity contribution in [1.82, 2.24) is 9.88 Å². The van der Waals surface area contributed by atoms with Crippen LogP contribution >= 0.6 is 0 Å². The van der Waals surface area contributed by atoms with Gasteiger partial charge in [-0.15, -0.1) is 0 Å². The number of benzene rings is 2. The Morgan fingerprint density at radius 1 is 0.833 bits per heavy atom. The van der Waals surface area contributed by atoms with Crippen LogP contribution in [0.15, 0.2) is 48.5 Å². The number of aromatic nitrogens is 1. The van der Waals surface area contributed by atoms with Crippen molar-refractivity contribution in [2.75, 3.05) is 31.1 Å². The highest BCUT2D eigenvalue weighted by molar-refractivity contribution is 5.80. The molecule has 0 bridgehead atoms. The smallest absolute Gasteiger partial charge is 0.123 e. The molecule has 3 nitrogen and oxygen atoms in total. The Labute approximate surface area is 139 Å². The van der Waals surface area contributed by atoms with Crippen LogP contribution in [0.5, 0.6) is 0 Å². The van der Waals surface area contributed by atoms with Crippen molar-refractivity contribution in [3.05, 3.63) is 65.9 Å². The van der Waals surface area contributed by atoms with E-state index >= 15 is 0 Å². The lowest BCUT2D eigenvalue weighted by atomic mass is 10.2. The second kappa shape index (κ2) is 6.24. The first-order valence-electron chi connectivity index (χ1n) is 8.17. The molecule has 24 heavy (non-hydrogen) atoms. The minimum Gasteiger partial charge on any atom is -0.369 e. The molecule has 5 heteroatoms. The summed E-state index contributed by atoms with van der Waals surface area (Å²) in [4.78, 5) is 8.01. The first kappa shape index (κ1) is 15.1. The van der Waals surface area contributed by atoms with E-state index in [1.807, 2.05) is 18.2 Å². The first-order chi connectivity index (χ1) is 11.7. The number of H-pyrrole nitrogens is 1. The number of halogens is 2. The Morgan fingerprint density at radius 2 is 1.54 bits per heavy atom. The number of hydrogen-bond donors (Lipinski definition) is 1. The van der Waals surface area contributed by atoms with E-state index in [-0.39, 0.29) is 11.6 Å². The van der Waals surface area contributed by atoms with Gasteiger partial charge in [-0.3, -0.25) is 4.90 Å². The molecule has 1 N–H and O–H groups in total. The number of aromatic amines is 1. The summed E-state index contributed by atoms with van der Waals surface area (Å²) in [7, 11) is 0. The molecule has 0 spiro atoms. The molecule has 1 fully saturated rings. The highest BCUT2D eigenvalue weighted by Crippen LogP contribution is 2.20. The van der Waals surface area contributed by atoms with Gasteiger partial charge in [0.2, 0.25) is 0 Å². The Bertz CT molecular complexity index is 833. The van der Waals surface area contributed by atoms with Gasteiger partial charge >= 0.3 is 0 Å². The molecule has 1 aliphatic heterocycles. The van der Waals surface area contributed by atoms with Crippen molar-refractivity contribution < 1.29 is 8.78 Å². The molecule has 0 amide bonds. The summed E-state index contributed by atoms with van der Waals surface area (Å²) < 4.78 is 26.3. The Morgan fingerprint density at radius 3 is 2.29 bits per heavy atom. The van der Waals surface area contributed by atoms with E-state index in [0.717, 1.165) is 55.0 Å². The molecule has 1 saturated heterocycles. The number of anilines is 1. The zero-order valence-corrected chi connectivity index (χ0v) is 13.3. The molecule has 3 aromatic rings. The van der Waals surface area contributed by atoms with E-state index in [1.54, 1.807) is 12.1 Å². The van der Waals surface area contributed by atoms with Crippen LogP contribution in [0.1, 0.15) is 5.69 Å². The Balaban J connectivity index is 1.39. The van der Waals surface area contributed by atoms with E-state index in [0.29, 0.717) is 0 Å². The lowest BCUT2D eigenvalue weighted by Gasteiger charge is -2.35. The average molecular weight is 327 g/mol. The largest absolute Gasteiger partial charge is 0.369 e. The van der Waals surface area contributed by atoms with Gasteiger partial charge in [-0.05, 0) is 48.5 Å². The number of rotatable bonds is 3. The van der Waals surface area contributed by atoms with Crippen LogP contribution in [0.2, 0.25) is 0 Å². The summed E-state index contributed by atoms with van der Waals surface area (Å²) in [5.74, 6) is -0.409. The minimum absolute atomic E-state index is 0.201. The highest BCUT2D eigenvalue weighted by Gasteiger charge is 2.18. The fourth-order valence-corrected chi connectivity index (χ4v) is 3.31. The van der Waals surface area contributed by atoms with Crippen LogP contribution in [0.3, 0.4) is 0 Å². The van der Waals surface area contributed by atoms with Crippen molar-refractivity contribution in [1.29, 1.82) is 0 Å². The maximum atomic E-state index is 13.3. The van der Waals surface area contributed by atoms with Gasteiger partial charge < -0.3 is 9.88 Å². The summed E-state index contributed by atoms with van der Waals surface area (Å²) in [6.07, 6.45) is 0. The van der Waals surface area contributed by atoms with Gasteiger partial charge in [0.15, 0.2) is 0 Å². The lowest BCUT2D eigenvalue weighted by Crippen LogP contribution is -2.46. The number of hydrogen-bond acceptors (Lipinski definition) is 2. The van der Waals surface area contributed by atoms with E-state index in [1.165, 1.54) is 18.2 Å². The second-order valence-electron chi connectivity index (χ2n) is 6.27. The molecule has 0 atom stereocenters. The van der Waals surface area contributed by atoms with Crippen molar-refractivity contribution in [2.45, 2.75) is 6.54 Å². The second-order valence-corrected chi connectivity index (χ2v) is 6.27. The standard InChI is InChI=1S/C19H19F2N3/c20-15-1-4-18(5-2-15)24-9-7-23(8-10-24)13-17-12-14-11-16(21)3-6-19(14)22-17/h1-6,11-12,22H,7-10,13H2. The zero-order chi connectivity index (χ0) is 16.5. The quantitative estimate of drug-likeness (QED) is 0.791. The molecule has 0 aliphatic carbocycles. The van der Waals surface area contributed by atoms with Gasteiger partial charge in [0.05, 0.1) is 0 Å². The summed E-state index contributed by atoms with van der Waals surface area (Å²) in [6.45, 7) is 4.55. The normalized spacial score (nSPS) is 16.0. The summed E-state index contributed by atoms with van der Waals surface area (Å²) >= 11 is 0. The van der Waals surface area contributed by atoms with Crippen LogP contribution < -0.4 is 4.90 Å². The van der Waals surface area contributed by atoms with Gasteiger partial charge in [0.1, 0.15) is 11.6 Å². The van der Waals surface area contributed by atoms with Gasteiger partial charge in [0.25, 0.3) is 0 Å². The van der Waals surface area contributed by atoms with Crippen LogP contribution in [0, 0.1) is 11.6 Å². The molecule has 0 saturated carbocycles. The molecule has 124 valence electrons. The highest BCUT2D eigenvalue weighted by atomic mass is 19.1. The minimum atomic E-state index is -0.207. The van der Waals surface area contributed by atoms with Gasteiger partial charge in [-0.1, -0.05) is 0 Å². The van der Waals surface area contributed by atoms with Gasteiger partial charge in [-0.25, -0.2) is 8.78 Å². The van der Waals surface area contributed by atoms with E-state index in [2.05, 4.69) is 14.8 Å². The first-order valence-corrected chi connectivity index (χ1v) is 8.17. The summed E-state index contributed by atoms with van der Waals surface area (Å²) in [6, 6.07) is 13.5. The lowest BCUT2D eigenvalue weighted by molar-refractivity contribution is 0.247. The monoisotopic (exact) mass is 327 g/mol. The number of piperazine rings is 1. The molecule has 4 rings (SSSR count). The molecular formula is C19H19F2N3. The summed E-state index contributed by atoms with van der Waals surface area (Å²) in [5, 5.41) is 0.912. The third-order valence-corrected chi connectivity index (χ3v) is 4.60. The van der Waals surface area contributed by atoms with Crippen molar-refractivity contribution in [3.63, 3.8) is 0 Å². The third kappa shape index (κ3) is 3.12. The van der Waals surface area contributed by atoms with E-state index in [9.17, 15) is 8.78 Å². The van der Waals surface area contributed by atoms with Crippen molar-refractivity contribution in [2.24, 2.45) is 0 Å². The Kier molecular flexibility index (Phi) is 3.94. The fourth-order valence-electron chi connectivity index (χ4n) is 3.31. The SMILES string of the molecule is Fc1ccc(N2CCN(Cc3cc4cc(F)ccc4[nH]3)CC2)cc1. The van der Waals surface area contributed by atoms with Gasteiger partial charge in [0, 0.05) is 55.0 Å². The molecule has 1 aromatic heterocycles. The fraction of sp³-hybridized carbons (Fsp3) is 0.263. The molecule has 1 aliphatic rings. The van der Waals surface area contributed by atoms with E-state index in [4.69, 9.17) is 0 Å². The van der Waals surface area contributed by atoms with E-state index < -0.39 is 0 Å². The molecule has 0 unspecified atom stereocenters. The maximum absolute atomic E-state index is 13.3. The predicted octanol–water partition coefficient (Wildman–Crippen LogP) is 3.77. The van der Waals surface area contributed by atoms with Crippen molar-refractivity contribution >= 4 is 16.6 Å². The zero-order valence-electron chi connectivity index (χ0n) is 13.3. The maximum Gasteiger partial charge on any atom is 0.123 e. The van der Waals surface area contributed by atoms with Crippen LogP contribution in [-0.4, -0.2) is 36.1 Å². The van der Waals surface area contributed by atoms with Crippen LogP contribution in [-0.2, 0) is 6.54 Å². The van der Waals surface area contributed by atoms with Crippen LogP contribution in [0.4, 0.5) is 14.5 Å². The predicted molar refractivity (Wildman–Crippen MR) is 92.1 cm³/mol. The van der Waals surface area contributed by atoms with Crippen molar-refractivity contribution in [3.8, 4) is 0 Å². The molecule has 2 heterocycles. The Hall–Kier alpha value is -2.40. The topological polar surface area (TPSA) is 22.3 Å². The number of fused-ring (bicyclic) bond motifs is 1. The molecular weight excluding hydrogens is 308 g/mol. The number of nitrogens with zero attached hydrogens (tertiary/aromatic N) is 2. The van der Waals surface area contributed by atoms with Crippen LogP contribution in [0.25, 0.3) is 10.9 Å². The van der Waals surface area contributed by atoms with Gasteiger partial charge in [-0.2, -0.15) is 0 Å². The third-order valence-electron chi connectivity index (χ3n) is 4.60. The number of nitrogens with one attached hydrogen (secondary N) is 1.